The van der Waals surface area contributed by atoms with Crippen molar-refractivity contribution in [3.05, 3.63) is 63.9 Å². The third-order valence-corrected chi connectivity index (χ3v) is 8.91. The molecule has 2 atom stereocenters. The fourth-order valence-corrected chi connectivity index (χ4v) is 6.89. The number of carbonyl (C=O) groups is 3. The van der Waals surface area contributed by atoms with Gasteiger partial charge in [0.15, 0.2) is 0 Å². The van der Waals surface area contributed by atoms with E-state index in [1.807, 2.05) is 6.07 Å². The Bertz CT molecular complexity index is 1140. The van der Waals surface area contributed by atoms with Gasteiger partial charge in [-0.3, -0.25) is 14.4 Å². The quantitative estimate of drug-likeness (QED) is 0.270. The number of anilines is 1. The van der Waals surface area contributed by atoms with E-state index in [0.717, 1.165) is 44.6 Å². The summed E-state index contributed by atoms with van der Waals surface area (Å²) in [6.07, 6.45) is 12.6. The Morgan fingerprint density at radius 3 is 2.34 bits per heavy atom. The molecule has 10 heteroatoms. The zero-order chi connectivity index (χ0) is 29.7. The maximum absolute atomic E-state index is 14.8. The highest BCUT2D eigenvalue weighted by Crippen LogP contribution is 2.47. The smallest absolute Gasteiger partial charge is 0.290 e. The van der Waals surface area contributed by atoms with Gasteiger partial charge in [-0.1, -0.05) is 79.9 Å². The first kappa shape index (κ1) is 32.8. The second-order valence-corrected chi connectivity index (χ2v) is 11.8. The van der Waals surface area contributed by atoms with Gasteiger partial charge in [-0.05, 0) is 61.4 Å². The van der Waals surface area contributed by atoms with E-state index in [0.29, 0.717) is 22.8 Å². The zero-order valence-electron chi connectivity index (χ0n) is 23.2. The van der Waals surface area contributed by atoms with Crippen LogP contribution in [0.4, 0.5) is 10.1 Å². The topological polar surface area (TPSA) is 108 Å². The zero-order valence-corrected chi connectivity index (χ0v) is 24.7. The Balaban J connectivity index is 0.000000297. The van der Waals surface area contributed by atoms with E-state index >= 15 is 0 Å². The van der Waals surface area contributed by atoms with Gasteiger partial charge >= 0.3 is 0 Å². The molecule has 1 aliphatic heterocycles. The molecule has 7 nitrogen and oxygen atoms in total. The van der Waals surface area contributed by atoms with Crippen LogP contribution in [0.3, 0.4) is 0 Å². The van der Waals surface area contributed by atoms with Crippen LogP contribution in [0.2, 0.25) is 10.0 Å². The molecular weight excluding hydrogens is 568 g/mol. The van der Waals surface area contributed by atoms with Crippen LogP contribution in [0, 0.1) is 17.7 Å². The van der Waals surface area contributed by atoms with Crippen LogP contribution in [0.1, 0.15) is 75.7 Å². The summed E-state index contributed by atoms with van der Waals surface area (Å²) in [4.78, 5) is 31.7. The Kier molecular flexibility index (Phi) is 13.4. The van der Waals surface area contributed by atoms with Gasteiger partial charge in [0, 0.05) is 35.3 Å². The van der Waals surface area contributed by atoms with Gasteiger partial charge in [-0.25, -0.2) is 4.39 Å². The van der Waals surface area contributed by atoms with Gasteiger partial charge in [0.1, 0.15) is 5.82 Å². The molecule has 2 unspecified atom stereocenters. The van der Waals surface area contributed by atoms with E-state index in [-0.39, 0.29) is 34.8 Å². The van der Waals surface area contributed by atoms with E-state index in [9.17, 15) is 14.0 Å². The second-order valence-electron chi connectivity index (χ2n) is 11.0. The number of amides is 2. The Labute approximate surface area is 251 Å². The number of nitrogens with one attached hydrogen (secondary N) is 3. The molecule has 0 radical (unpaired) electrons. The summed E-state index contributed by atoms with van der Waals surface area (Å²) in [6.45, 7) is 1.20. The van der Waals surface area contributed by atoms with Crippen molar-refractivity contribution in [2.75, 3.05) is 18.4 Å². The third-order valence-electron chi connectivity index (χ3n) is 8.39. The molecule has 3 fully saturated rings. The molecule has 2 amide bonds. The van der Waals surface area contributed by atoms with E-state index in [2.05, 4.69) is 16.0 Å². The molecule has 224 valence electrons. The van der Waals surface area contributed by atoms with Crippen LogP contribution in [0.25, 0.3) is 0 Å². The predicted molar refractivity (Wildman–Crippen MR) is 161 cm³/mol. The van der Waals surface area contributed by atoms with Gasteiger partial charge in [-0.15, -0.1) is 0 Å². The largest absolute Gasteiger partial charge is 0.483 e. The van der Waals surface area contributed by atoms with E-state index in [1.165, 1.54) is 38.5 Å². The molecule has 1 heterocycles. The number of carbonyl (C=O) groups excluding carboxylic acids is 2. The lowest BCUT2D eigenvalue weighted by molar-refractivity contribution is -0.123. The summed E-state index contributed by atoms with van der Waals surface area (Å²) in [6, 6.07) is 12.1. The standard InChI is InChI=1S/C22H23Cl2FN2O.C8H15NO.CH2O2/c23-14-6-4-7-15(12-14)27-21(28)19-17(16-8-5-9-18(24)20(16)25)13-26-22(19)10-2-1-3-11-22;10-7-9-6-8-4-2-1-3-5-8;2-1-3/h4-9,12,17,19,26H,1-3,10-11,13H2,(H,27,28);7-8H,1-6H2,(H,9,10);1H,(H,2,3). The maximum Gasteiger partial charge on any atom is 0.290 e. The highest BCUT2D eigenvalue weighted by molar-refractivity contribution is 6.31. The lowest BCUT2D eigenvalue weighted by Crippen LogP contribution is -2.50. The summed E-state index contributed by atoms with van der Waals surface area (Å²) in [5, 5.41) is 16.9. The lowest BCUT2D eigenvalue weighted by Gasteiger charge is -2.39. The number of hydrogen-bond acceptors (Lipinski definition) is 4. The molecule has 2 saturated carbocycles. The van der Waals surface area contributed by atoms with Crippen LogP contribution >= 0.6 is 23.2 Å². The van der Waals surface area contributed by atoms with Gasteiger partial charge in [0.05, 0.1) is 10.9 Å². The first-order valence-electron chi connectivity index (χ1n) is 14.4. The molecule has 3 aliphatic rings. The highest BCUT2D eigenvalue weighted by Gasteiger charge is 2.53. The van der Waals surface area contributed by atoms with Crippen molar-refractivity contribution in [3.63, 3.8) is 0 Å². The molecule has 1 spiro atoms. The number of halogens is 3. The third kappa shape index (κ3) is 9.15. The molecule has 41 heavy (non-hydrogen) atoms. The van der Waals surface area contributed by atoms with Crippen LogP contribution in [-0.4, -0.2) is 42.5 Å². The molecule has 2 aromatic rings. The summed E-state index contributed by atoms with van der Waals surface area (Å²) in [5.74, 6) is -0.405. The monoisotopic (exact) mass is 607 g/mol. The fraction of sp³-hybridized carbons (Fsp3) is 0.516. The van der Waals surface area contributed by atoms with Gasteiger partial charge in [0.2, 0.25) is 12.3 Å². The van der Waals surface area contributed by atoms with Crippen LogP contribution < -0.4 is 16.0 Å². The summed E-state index contributed by atoms with van der Waals surface area (Å²) >= 11 is 12.1. The first-order chi connectivity index (χ1) is 19.8. The normalized spacial score (nSPS) is 21.4. The van der Waals surface area contributed by atoms with Crippen LogP contribution in [-0.2, 0) is 14.4 Å². The highest BCUT2D eigenvalue weighted by atomic mass is 35.5. The minimum Gasteiger partial charge on any atom is -0.483 e. The minimum atomic E-state index is -0.426. The molecule has 0 aromatic heterocycles. The Hall–Kier alpha value is -2.68. The molecule has 4 N–H and O–H groups in total. The van der Waals surface area contributed by atoms with Crippen molar-refractivity contribution in [2.45, 2.75) is 75.7 Å². The maximum atomic E-state index is 14.8. The number of carboxylic acid groups (broad SMARTS) is 1. The predicted octanol–water partition coefficient (Wildman–Crippen LogP) is 6.79. The van der Waals surface area contributed by atoms with E-state index < -0.39 is 5.82 Å². The van der Waals surface area contributed by atoms with Crippen molar-refractivity contribution in [3.8, 4) is 0 Å². The number of hydrogen-bond donors (Lipinski definition) is 4. The van der Waals surface area contributed by atoms with Gasteiger partial charge < -0.3 is 21.1 Å². The van der Waals surface area contributed by atoms with Crippen LogP contribution in [0.5, 0.6) is 0 Å². The average molecular weight is 609 g/mol. The van der Waals surface area contributed by atoms with Crippen molar-refractivity contribution >= 4 is 47.7 Å². The summed E-state index contributed by atoms with van der Waals surface area (Å²) < 4.78 is 14.8. The minimum absolute atomic E-state index is 0.0936. The molecule has 1 saturated heterocycles. The molecule has 2 aromatic carbocycles. The second kappa shape index (κ2) is 16.7. The summed E-state index contributed by atoms with van der Waals surface area (Å²) in [5.41, 5.74) is 0.856. The van der Waals surface area contributed by atoms with Crippen molar-refractivity contribution < 1.29 is 23.9 Å². The number of rotatable bonds is 6. The molecule has 0 bridgehead atoms. The van der Waals surface area contributed by atoms with Gasteiger partial charge in [-0.2, -0.15) is 0 Å². The first-order valence-corrected chi connectivity index (χ1v) is 15.1. The average Bonchev–Trinajstić information content (AvgIpc) is 3.33. The van der Waals surface area contributed by atoms with Crippen molar-refractivity contribution in [2.24, 2.45) is 11.8 Å². The van der Waals surface area contributed by atoms with Crippen LogP contribution in [0.15, 0.2) is 42.5 Å². The number of benzene rings is 2. The van der Waals surface area contributed by atoms with Gasteiger partial charge in [0.25, 0.3) is 6.47 Å². The van der Waals surface area contributed by atoms with Crippen molar-refractivity contribution in [1.29, 1.82) is 0 Å². The van der Waals surface area contributed by atoms with E-state index in [1.54, 1.807) is 36.4 Å². The molecular formula is C31H40Cl2FN3O4. The Morgan fingerprint density at radius 1 is 1.02 bits per heavy atom. The SMILES string of the molecule is O=C(Nc1cccc(Cl)c1)C1C(c2cccc(Cl)c2F)CNC12CCCCC2.O=CNCC1CCCCC1.O=CO. The summed E-state index contributed by atoms with van der Waals surface area (Å²) in [7, 11) is 0. The molecule has 5 rings (SSSR count). The van der Waals surface area contributed by atoms with Crippen molar-refractivity contribution in [1.82, 2.24) is 10.6 Å². The fourth-order valence-electron chi connectivity index (χ4n) is 6.52. The Morgan fingerprint density at radius 2 is 1.68 bits per heavy atom. The molecule has 2 aliphatic carbocycles. The lowest BCUT2D eigenvalue weighted by atomic mass is 9.69. The van der Waals surface area contributed by atoms with E-state index in [4.69, 9.17) is 33.1 Å².